The average Bonchev–Trinajstić information content (AvgIpc) is 2.87. The van der Waals surface area contributed by atoms with Crippen molar-refractivity contribution >= 4 is 34.4 Å². The summed E-state index contributed by atoms with van der Waals surface area (Å²) in [5.41, 5.74) is 6.91. The van der Waals surface area contributed by atoms with Crippen molar-refractivity contribution in [3.05, 3.63) is 41.4 Å². The van der Waals surface area contributed by atoms with E-state index in [1.54, 1.807) is 6.07 Å². The highest BCUT2D eigenvalue weighted by Crippen LogP contribution is 2.34. The van der Waals surface area contributed by atoms with E-state index in [-0.39, 0.29) is 16.6 Å². The summed E-state index contributed by atoms with van der Waals surface area (Å²) in [6.07, 6.45) is -1.52. The van der Waals surface area contributed by atoms with E-state index in [0.29, 0.717) is 17.0 Å². The van der Waals surface area contributed by atoms with Crippen molar-refractivity contribution in [2.45, 2.75) is 0 Å². The van der Waals surface area contributed by atoms with Gasteiger partial charge in [-0.25, -0.2) is 9.78 Å². The first-order valence-electron chi connectivity index (χ1n) is 5.90. The summed E-state index contributed by atoms with van der Waals surface area (Å²) in [6, 6.07) is 10.7. The van der Waals surface area contributed by atoms with Crippen LogP contribution in [0.25, 0.3) is 22.4 Å². The molecular formula is C14H9ClN2O4. The van der Waals surface area contributed by atoms with Gasteiger partial charge in [0.25, 0.3) is 0 Å². The summed E-state index contributed by atoms with van der Waals surface area (Å²) in [5.74, 6) is 0.162. The molecule has 7 heteroatoms. The van der Waals surface area contributed by atoms with Crippen molar-refractivity contribution in [2.24, 2.45) is 0 Å². The summed E-state index contributed by atoms with van der Waals surface area (Å²) >= 11 is 5.87. The monoisotopic (exact) mass is 304 g/mol. The number of carboxylic acid groups (broad SMARTS) is 1. The summed E-state index contributed by atoms with van der Waals surface area (Å²) in [6.45, 7) is 0. The Morgan fingerprint density at radius 3 is 2.81 bits per heavy atom. The molecule has 0 atom stereocenters. The van der Waals surface area contributed by atoms with Crippen LogP contribution in [0.4, 0.5) is 10.5 Å². The normalized spacial score (nSPS) is 10.7. The highest BCUT2D eigenvalue weighted by atomic mass is 35.5. The van der Waals surface area contributed by atoms with Crippen molar-refractivity contribution < 1.29 is 19.1 Å². The summed E-state index contributed by atoms with van der Waals surface area (Å²) in [7, 11) is 0. The zero-order valence-corrected chi connectivity index (χ0v) is 11.3. The maximum atomic E-state index is 10.6. The molecular weight excluding hydrogens is 296 g/mol. The van der Waals surface area contributed by atoms with Crippen molar-refractivity contribution in [2.75, 3.05) is 5.73 Å². The molecule has 1 aromatic carbocycles. The van der Waals surface area contributed by atoms with Gasteiger partial charge < -0.3 is 20.0 Å². The molecule has 106 valence electrons. The van der Waals surface area contributed by atoms with Crippen LogP contribution in [0, 0.1) is 0 Å². The molecule has 0 aliphatic carbocycles. The Balaban J connectivity index is 2.13. The van der Waals surface area contributed by atoms with Crippen molar-refractivity contribution in [3.63, 3.8) is 0 Å². The van der Waals surface area contributed by atoms with Crippen molar-refractivity contribution in [1.29, 1.82) is 0 Å². The number of hydrogen-bond donors (Lipinski definition) is 2. The van der Waals surface area contributed by atoms with Crippen molar-refractivity contribution in [3.8, 4) is 17.3 Å². The molecule has 6 nitrogen and oxygen atoms in total. The predicted octanol–water partition coefficient (Wildman–Crippen LogP) is 3.79. The van der Waals surface area contributed by atoms with Crippen LogP contribution < -0.4 is 10.5 Å². The first-order chi connectivity index (χ1) is 10.0. The van der Waals surface area contributed by atoms with Gasteiger partial charge in [-0.3, -0.25) is 0 Å². The number of pyridine rings is 1. The van der Waals surface area contributed by atoms with Gasteiger partial charge in [0.2, 0.25) is 5.88 Å². The maximum Gasteiger partial charge on any atom is 0.512 e. The molecule has 0 saturated carbocycles. The molecule has 0 saturated heterocycles. The van der Waals surface area contributed by atoms with Crippen LogP contribution in [-0.4, -0.2) is 16.2 Å². The highest BCUT2D eigenvalue weighted by molar-refractivity contribution is 6.34. The lowest BCUT2D eigenvalue weighted by atomic mass is 10.2. The Kier molecular flexibility index (Phi) is 3.15. The first-order valence-corrected chi connectivity index (χ1v) is 6.28. The largest absolute Gasteiger partial charge is 0.512 e. The third-order valence-electron chi connectivity index (χ3n) is 2.82. The van der Waals surface area contributed by atoms with Crippen LogP contribution in [0.15, 0.2) is 40.8 Å². The summed E-state index contributed by atoms with van der Waals surface area (Å²) in [4.78, 5) is 14.7. The molecule has 0 aliphatic rings. The topological polar surface area (TPSA) is 98.6 Å². The minimum Gasteiger partial charge on any atom is -0.454 e. The zero-order chi connectivity index (χ0) is 15.0. The SMILES string of the molecule is Nc1cc(-c2cc3ccccc3o2)nc(OC(=O)O)c1Cl. The maximum absolute atomic E-state index is 10.6. The Morgan fingerprint density at radius 1 is 1.33 bits per heavy atom. The van der Waals surface area contributed by atoms with E-state index >= 15 is 0 Å². The molecule has 3 rings (SSSR count). The van der Waals surface area contributed by atoms with Gasteiger partial charge in [0, 0.05) is 5.39 Å². The van der Waals surface area contributed by atoms with Crippen LogP contribution in [0.1, 0.15) is 0 Å². The van der Waals surface area contributed by atoms with Gasteiger partial charge in [0.1, 0.15) is 16.3 Å². The molecule has 0 amide bonds. The molecule has 3 N–H and O–H groups in total. The number of nitrogen functional groups attached to an aromatic ring is 1. The van der Waals surface area contributed by atoms with Gasteiger partial charge >= 0.3 is 6.16 Å². The molecule has 0 unspecified atom stereocenters. The van der Waals surface area contributed by atoms with Crippen LogP contribution in [0.3, 0.4) is 0 Å². The van der Waals surface area contributed by atoms with Crippen LogP contribution in [0.5, 0.6) is 5.88 Å². The number of halogens is 1. The molecule has 0 bridgehead atoms. The zero-order valence-electron chi connectivity index (χ0n) is 10.5. The third-order valence-corrected chi connectivity index (χ3v) is 3.20. The molecule has 0 radical (unpaired) electrons. The Hall–Kier alpha value is -2.73. The lowest BCUT2D eigenvalue weighted by Gasteiger charge is -2.06. The fourth-order valence-electron chi connectivity index (χ4n) is 1.91. The van der Waals surface area contributed by atoms with E-state index < -0.39 is 6.16 Å². The lowest BCUT2D eigenvalue weighted by molar-refractivity contribution is 0.142. The number of furan rings is 1. The Morgan fingerprint density at radius 2 is 2.10 bits per heavy atom. The molecule has 21 heavy (non-hydrogen) atoms. The minimum atomic E-state index is -1.52. The first kappa shape index (κ1) is 13.3. The number of hydrogen-bond acceptors (Lipinski definition) is 5. The highest BCUT2D eigenvalue weighted by Gasteiger charge is 2.16. The Bertz CT molecular complexity index is 811. The second kappa shape index (κ2) is 4.99. The van der Waals surface area contributed by atoms with Crippen LogP contribution in [0.2, 0.25) is 5.02 Å². The fourth-order valence-corrected chi connectivity index (χ4v) is 2.04. The summed E-state index contributed by atoms with van der Waals surface area (Å²) < 4.78 is 10.2. The molecule has 3 aromatic rings. The number of benzene rings is 1. The standard InChI is InChI=1S/C14H9ClN2O4/c15-12-8(16)6-9(17-13(12)21-14(18)19)11-5-7-3-1-2-4-10(7)20-11/h1-6H,(H2,16,17)(H,18,19). The number of ether oxygens (including phenoxy) is 1. The fraction of sp³-hybridized carbons (Fsp3) is 0. The number of rotatable bonds is 2. The Labute approximate surface area is 123 Å². The molecule has 0 fully saturated rings. The summed E-state index contributed by atoms with van der Waals surface area (Å²) in [5, 5.41) is 9.51. The molecule has 0 aliphatic heterocycles. The van der Waals surface area contributed by atoms with E-state index in [0.717, 1.165) is 5.39 Å². The minimum absolute atomic E-state index is 0.0581. The predicted molar refractivity (Wildman–Crippen MR) is 77.5 cm³/mol. The van der Waals surface area contributed by atoms with Gasteiger partial charge in [0.15, 0.2) is 5.76 Å². The number of para-hydroxylation sites is 1. The van der Waals surface area contributed by atoms with Crippen molar-refractivity contribution in [1.82, 2.24) is 4.98 Å². The number of nitrogens with two attached hydrogens (primary N) is 1. The van der Waals surface area contributed by atoms with Gasteiger partial charge in [-0.15, -0.1) is 0 Å². The van der Waals surface area contributed by atoms with Gasteiger partial charge in [-0.2, -0.15) is 0 Å². The van der Waals surface area contributed by atoms with Crippen LogP contribution in [-0.2, 0) is 0 Å². The van der Waals surface area contributed by atoms with Crippen LogP contribution >= 0.6 is 11.6 Å². The molecule has 2 aromatic heterocycles. The van der Waals surface area contributed by atoms with E-state index in [2.05, 4.69) is 9.72 Å². The second-order valence-corrected chi connectivity index (χ2v) is 4.61. The number of fused-ring (bicyclic) bond motifs is 1. The van der Waals surface area contributed by atoms with E-state index in [1.807, 2.05) is 24.3 Å². The molecule has 2 heterocycles. The van der Waals surface area contributed by atoms with Gasteiger partial charge in [0.05, 0.1) is 5.69 Å². The third kappa shape index (κ3) is 2.48. The quantitative estimate of drug-likeness (QED) is 0.699. The number of aromatic nitrogens is 1. The second-order valence-electron chi connectivity index (χ2n) is 4.23. The average molecular weight is 305 g/mol. The van der Waals surface area contributed by atoms with E-state index in [9.17, 15) is 4.79 Å². The number of nitrogens with zero attached hydrogens (tertiary/aromatic N) is 1. The van der Waals surface area contributed by atoms with Gasteiger partial charge in [-0.1, -0.05) is 29.8 Å². The van der Waals surface area contributed by atoms with Gasteiger partial charge in [-0.05, 0) is 18.2 Å². The molecule has 0 spiro atoms. The van der Waals surface area contributed by atoms with E-state index in [1.165, 1.54) is 6.07 Å². The van der Waals surface area contributed by atoms with E-state index in [4.69, 9.17) is 26.9 Å². The smallest absolute Gasteiger partial charge is 0.454 e. The number of anilines is 1. The number of carbonyl (C=O) groups is 1. The lowest BCUT2D eigenvalue weighted by Crippen LogP contribution is -2.06.